The van der Waals surface area contributed by atoms with Gasteiger partial charge in [-0.3, -0.25) is 14.4 Å². The van der Waals surface area contributed by atoms with Crippen molar-refractivity contribution in [3.8, 4) is 0 Å². The number of aromatic amines is 1. The molecule has 0 unspecified atom stereocenters. The van der Waals surface area contributed by atoms with E-state index in [0.717, 1.165) is 34.2 Å². The molecule has 0 fully saturated rings. The molecule has 278 valence electrons. The molecule has 0 aliphatic carbocycles. The van der Waals surface area contributed by atoms with Crippen LogP contribution in [0.5, 0.6) is 0 Å². The molecule has 0 saturated carbocycles. The quantitative estimate of drug-likeness (QED) is 0.134. The van der Waals surface area contributed by atoms with Gasteiger partial charge in [-0.1, -0.05) is 60.6 Å². The topological polar surface area (TPSA) is 146 Å². The van der Waals surface area contributed by atoms with Crippen LogP contribution < -0.4 is 22.1 Å². The van der Waals surface area contributed by atoms with Crippen molar-refractivity contribution in [2.45, 2.75) is 86.1 Å². The third-order valence-electron chi connectivity index (χ3n) is 9.67. The van der Waals surface area contributed by atoms with Gasteiger partial charge >= 0.3 is 6.18 Å². The van der Waals surface area contributed by atoms with E-state index >= 15 is 0 Å². The Kier molecular flexibility index (Phi) is 13.6. The standard InChI is InChI=1S/C39H47F3N6O3S/c1-48-33(19-28-24-45-31-12-4-3-11-30(28)31)37(50)47-23-27-15-16-29(39(40,41)42)21-36(27)52-35-14-5-2-10-26(35)22-46-32(13-8-18-44)34(49)20-25(38(48)51)9-6-7-17-43/h2-5,10-12,14-16,21,24-25,32-33,45-46H,6-9,13,17-20,22-23,43-44H2,1H3,(H,47,50)/t25-,32+,33+/m1/s1. The van der Waals surface area contributed by atoms with Gasteiger partial charge in [-0.25, -0.2) is 0 Å². The predicted octanol–water partition coefficient (Wildman–Crippen LogP) is 5.94. The fourth-order valence-corrected chi connectivity index (χ4v) is 7.77. The van der Waals surface area contributed by atoms with E-state index in [0.29, 0.717) is 60.5 Å². The number of nitrogens with zero attached hydrogens (tertiary/aromatic N) is 1. The number of fused-ring (bicyclic) bond motifs is 3. The highest BCUT2D eigenvalue weighted by Crippen LogP contribution is 2.38. The molecule has 1 aliphatic heterocycles. The Morgan fingerprint density at radius 1 is 0.865 bits per heavy atom. The lowest BCUT2D eigenvalue weighted by atomic mass is 9.90. The number of amides is 2. The molecule has 9 nitrogen and oxygen atoms in total. The molecule has 3 atom stereocenters. The average molecular weight is 737 g/mol. The van der Waals surface area contributed by atoms with E-state index in [2.05, 4.69) is 15.6 Å². The van der Waals surface area contributed by atoms with Crippen molar-refractivity contribution in [2.24, 2.45) is 17.4 Å². The number of benzene rings is 3. The lowest BCUT2D eigenvalue weighted by molar-refractivity contribution is -0.143. The number of likely N-dealkylation sites (N-methyl/N-ethyl adjacent to an activating group) is 1. The molecule has 0 bridgehead atoms. The number of ketones is 1. The highest BCUT2D eigenvalue weighted by atomic mass is 32.2. The molecule has 52 heavy (non-hydrogen) atoms. The Bertz CT molecular complexity index is 1850. The fraction of sp³-hybridized carbons (Fsp3) is 0.410. The number of Topliss-reactive ketones (excluding diaryl/α,β-unsaturated/α-hetero) is 1. The monoisotopic (exact) mass is 736 g/mol. The zero-order valence-electron chi connectivity index (χ0n) is 29.3. The van der Waals surface area contributed by atoms with Crippen LogP contribution >= 0.6 is 11.8 Å². The Labute approximate surface area is 306 Å². The van der Waals surface area contributed by atoms with Crippen LogP contribution in [0.4, 0.5) is 13.2 Å². The van der Waals surface area contributed by atoms with Crippen LogP contribution in [0.3, 0.4) is 0 Å². The van der Waals surface area contributed by atoms with E-state index in [9.17, 15) is 27.6 Å². The number of halogens is 3. The first-order chi connectivity index (χ1) is 25.0. The number of carbonyl (C=O) groups is 3. The molecule has 5 rings (SSSR count). The van der Waals surface area contributed by atoms with Crippen molar-refractivity contribution in [1.82, 2.24) is 20.5 Å². The summed E-state index contributed by atoms with van der Waals surface area (Å²) in [6, 6.07) is 16.9. The first-order valence-corrected chi connectivity index (χ1v) is 18.5. The van der Waals surface area contributed by atoms with Gasteiger partial charge in [-0.2, -0.15) is 13.2 Å². The van der Waals surface area contributed by atoms with Gasteiger partial charge in [0.25, 0.3) is 0 Å². The number of aromatic nitrogens is 1. The van der Waals surface area contributed by atoms with Gasteiger partial charge in [0.2, 0.25) is 11.8 Å². The maximum Gasteiger partial charge on any atom is 0.416 e. The van der Waals surface area contributed by atoms with Crippen LogP contribution in [0, 0.1) is 5.92 Å². The number of hydrogen-bond donors (Lipinski definition) is 5. The summed E-state index contributed by atoms with van der Waals surface area (Å²) in [5.41, 5.74) is 13.8. The first-order valence-electron chi connectivity index (χ1n) is 17.7. The van der Waals surface area contributed by atoms with Crippen molar-refractivity contribution < 1.29 is 27.6 Å². The molecule has 2 heterocycles. The SMILES string of the molecule is CN1C(=O)[C@H](CCCCN)CC(=O)[C@H](CCCN)NCc2ccccc2Sc2cc(C(F)(F)F)ccc2CNC(=O)[C@@H]1Cc1c[nH]c2ccccc12. The van der Waals surface area contributed by atoms with Gasteiger partial charge < -0.3 is 32.0 Å². The Morgan fingerprint density at radius 3 is 2.37 bits per heavy atom. The molecule has 0 spiro atoms. The lowest BCUT2D eigenvalue weighted by Crippen LogP contribution is -2.51. The Morgan fingerprint density at radius 2 is 1.60 bits per heavy atom. The summed E-state index contributed by atoms with van der Waals surface area (Å²) in [5.74, 6) is -1.62. The van der Waals surface area contributed by atoms with Crippen molar-refractivity contribution in [3.05, 3.63) is 95.2 Å². The van der Waals surface area contributed by atoms with Gasteiger partial charge in [0, 0.05) is 65.8 Å². The summed E-state index contributed by atoms with van der Waals surface area (Å²) >= 11 is 1.18. The van der Waals surface area contributed by atoms with Gasteiger partial charge in [-0.15, -0.1) is 0 Å². The lowest BCUT2D eigenvalue weighted by Gasteiger charge is -2.31. The Hall–Kier alpha value is -4.17. The molecule has 3 aromatic carbocycles. The van der Waals surface area contributed by atoms with Crippen LogP contribution in [0.2, 0.25) is 0 Å². The number of nitrogens with two attached hydrogens (primary N) is 2. The first kappa shape index (κ1) is 39.0. The van der Waals surface area contributed by atoms with Crippen molar-refractivity contribution in [1.29, 1.82) is 0 Å². The van der Waals surface area contributed by atoms with E-state index in [1.54, 1.807) is 7.05 Å². The largest absolute Gasteiger partial charge is 0.416 e. The summed E-state index contributed by atoms with van der Waals surface area (Å²) in [5, 5.41) is 7.22. The fourth-order valence-electron chi connectivity index (χ4n) is 6.66. The Balaban J connectivity index is 1.58. The second kappa shape index (κ2) is 18.0. The minimum Gasteiger partial charge on any atom is -0.361 e. The van der Waals surface area contributed by atoms with Crippen LogP contribution in [0.1, 0.15) is 60.8 Å². The summed E-state index contributed by atoms with van der Waals surface area (Å²) in [6.45, 7) is 1.03. The number of H-pyrrole nitrogens is 1. The van der Waals surface area contributed by atoms with E-state index in [-0.39, 0.29) is 37.6 Å². The van der Waals surface area contributed by atoms with Gasteiger partial charge in [-0.05, 0) is 79.7 Å². The molecule has 1 aliphatic rings. The third kappa shape index (κ3) is 9.82. The van der Waals surface area contributed by atoms with Crippen LogP contribution in [-0.4, -0.2) is 59.7 Å². The summed E-state index contributed by atoms with van der Waals surface area (Å²) < 4.78 is 41.8. The van der Waals surface area contributed by atoms with Gasteiger partial charge in [0.1, 0.15) is 6.04 Å². The zero-order chi connectivity index (χ0) is 37.3. The highest BCUT2D eigenvalue weighted by molar-refractivity contribution is 7.99. The van der Waals surface area contributed by atoms with E-state index in [4.69, 9.17) is 11.5 Å². The van der Waals surface area contributed by atoms with E-state index < -0.39 is 35.6 Å². The molecule has 0 radical (unpaired) electrons. The minimum absolute atomic E-state index is 0.0283. The highest BCUT2D eigenvalue weighted by Gasteiger charge is 2.35. The van der Waals surface area contributed by atoms with Crippen molar-refractivity contribution >= 4 is 40.3 Å². The number of unbranched alkanes of at least 4 members (excludes halogenated alkanes) is 1. The molecular weight excluding hydrogens is 690 g/mol. The zero-order valence-corrected chi connectivity index (χ0v) is 30.1. The molecule has 1 aromatic heterocycles. The number of rotatable bonds is 9. The predicted molar refractivity (Wildman–Crippen MR) is 197 cm³/mol. The smallest absolute Gasteiger partial charge is 0.361 e. The van der Waals surface area contributed by atoms with Crippen molar-refractivity contribution in [3.63, 3.8) is 0 Å². The average Bonchev–Trinajstić information content (AvgIpc) is 3.54. The third-order valence-corrected chi connectivity index (χ3v) is 10.9. The summed E-state index contributed by atoms with van der Waals surface area (Å²) in [4.78, 5) is 48.3. The maximum atomic E-state index is 14.4. The van der Waals surface area contributed by atoms with Crippen molar-refractivity contribution in [2.75, 3.05) is 20.1 Å². The van der Waals surface area contributed by atoms with Gasteiger partial charge in [0.05, 0.1) is 11.6 Å². The minimum atomic E-state index is -4.57. The molecular formula is C39H47F3N6O3S. The summed E-state index contributed by atoms with van der Waals surface area (Å²) in [6.07, 6.45) is 0.152. The van der Waals surface area contributed by atoms with Gasteiger partial charge in [0.15, 0.2) is 5.78 Å². The number of para-hydroxylation sites is 1. The summed E-state index contributed by atoms with van der Waals surface area (Å²) in [7, 11) is 1.58. The number of nitrogens with one attached hydrogen (secondary N) is 3. The normalized spacial score (nSPS) is 19.6. The number of carbonyl (C=O) groups excluding carboxylic acids is 3. The molecule has 2 amide bonds. The maximum absolute atomic E-state index is 14.4. The molecule has 7 N–H and O–H groups in total. The van der Waals surface area contributed by atoms with E-state index in [1.807, 2.05) is 54.7 Å². The van der Waals surface area contributed by atoms with E-state index in [1.165, 1.54) is 22.7 Å². The number of hydrogen-bond acceptors (Lipinski definition) is 7. The van der Waals surface area contributed by atoms with Crippen LogP contribution in [-0.2, 0) is 40.1 Å². The second-order valence-corrected chi connectivity index (χ2v) is 14.4. The van der Waals surface area contributed by atoms with Crippen LogP contribution in [0.25, 0.3) is 10.9 Å². The molecule has 0 saturated heterocycles. The molecule has 13 heteroatoms. The van der Waals surface area contributed by atoms with Crippen LogP contribution in [0.15, 0.2) is 82.7 Å². The second-order valence-electron chi connectivity index (χ2n) is 13.3. The number of alkyl halides is 3. The molecule has 4 aromatic rings.